The van der Waals surface area contributed by atoms with Gasteiger partial charge in [0.1, 0.15) is 5.82 Å². The lowest BCUT2D eigenvalue weighted by molar-refractivity contribution is 0.232. The quantitative estimate of drug-likeness (QED) is 0.645. The fraction of sp³-hybridized carbons (Fsp3) is 0.333. The van der Waals surface area contributed by atoms with E-state index in [2.05, 4.69) is 9.97 Å². The third-order valence-electron chi connectivity index (χ3n) is 4.00. The van der Waals surface area contributed by atoms with E-state index in [0.29, 0.717) is 18.3 Å². The van der Waals surface area contributed by atoms with Crippen molar-refractivity contribution in [3.8, 4) is 0 Å². The molecule has 1 aliphatic rings. The van der Waals surface area contributed by atoms with Gasteiger partial charge in [-0.05, 0) is 12.1 Å². The van der Waals surface area contributed by atoms with E-state index in [1.807, 2.05) is 0 Å². The van der Waals surface area contributed by atoms with Crippen molar-refractivity contribution in [2.24, 2.45) is 0 Å². The molecular weight excluding hydrogens is 359 g/mol. The molecule has 1 aromatic carbocycles. The number of hydrogen-bond donors (Lipinski definition) is 1. The summed E-state index contributed by atoms with van der Waals surface area (Å²) in [5.41, 5.74) is -0.465. The van der Waals surface area contributed by atoms with Crippen molar-refractivity contribution in [3.05, 3.63) is 56.8 Å². The molecule has 0 amide bonds. The Labute approximate surface area is 141 Å². The van der Waals surface area contributed by atoms with Crippen LogP contribution in [0.3, 0.4) is 0 Å². The molecular formula is C15H14F3N3O3S. The number of fused-ring (bicyclic) bond motifs is 1. The Bertz CT molecular complexity index is 1010. The first-order valence-electron chi connectivity index (χ1n) is 7.33. The average molecular weight is 373 g/mol. The van der Waals surface area contributed by atoms with Crippen molar-refractivity contribution in [2.75, 3.05) is 12.8 Å². The summed E-state index contributed by atoms with van der Waals surface area (Å²) in [4.78, 5) is 19.9. The minimum atomic E-state index is -3.66. The van der Waals surface area contributed by atoms with Gasteiger partial charge in [0.25, 0.3) is 5.56 Å². The Morgan fingerprint density at radius 2 is 1.92 bits per heavy atom. The molecule has 3 rings (SSSR count). The van der Waals surface area contributed by atoms with Gasteiger partial charge in [-0.2, -0.15) is 0 Å². The highest BCUT2D eigenvalue weighted by Crippen LogP contribution is 2.21. The van der Waals surface area contributed by atoms with E-state index in [1.165, 1.54) is 0 Å². The van der Waals surface area contributed by atoms with Gasteiger partial charge in [-0.25, -0.2) is 26.6 Å². The van der Waals surface area contributed by atoms with E-state index in [-0.39, 0.29) is 25.1 Å². The number of rotatable bonds is 3. The lowest BCUT2D eigenvalue weighted by Gasteiger charge is -2.27. The molecule has 1 aliphatic heterocycles. The molecule has 2 aromatic rings. The van der Waals surface area contributed by atoms with E-state index in [0.717, 1.165) is 12.3 Å². The second-order valence-electron chi connectivity index (χ2n) is 5.85. The predicted molar refractivity (Wildman–Crippen MR) is 82.1 cm³/mol. The summed E-state index contributed by atoms with van der Waals surface area (Å²) >= 11 is 0. The van der Waals surface area contributed by atoms with Gasteiger partial charge in [-0.3, -0.25) is 14.7 Å². The molecule has 0 radical (unpaired) electrons. The van der Waals surface area contributed by atoms with Gasteiger partial charge in [-0.1, -0.05) is 0 Å². The van der Waals surface area contributed by atoms with Crippen LogP contribution < -0.4 is 5.56 Å². The van der Waals surface area contributed by atoms with E-state index >= 15 is 0 Å². The molecule has 0 saturated heterocycles. The minimum absolute atomic E-state index is 0.0249. The van der Waals surface area contributed by atoms with Crippen molar-refractivity contribution in [2.45, 2.75) is 24.7 Å². The van der Waals surface area contributed by atoms with E-state index in [4.69, 9.17) is 0 Å². The SMILES string of the molecule is CS(=O)(=O)c1nc2c(c(=O)[nH]1)CN(Cc1c(F)ccc(F)c1F)CC2. The van der Waals surface area contributed by atoms with Crippen LogP contribution in [0, 0.1) is 17.5 Å². The number of aromatic nitrogens is 2. The van der Waals surface area contributed by atoms with Gasteiger partial charge in [0.05, 0.1) is 11.3 Å². The standard InChI is InChI=1S/C15H14F3N3O3S/c1-25(23,24)15-19-12-4-5-21(7-9(12)14(22)20-15)6-8-10(16)2-3-11(17)13(8)18/h2-3H,4-7H2,1H3,(H,19,20,22). The summed E-state index contributed by atoms with van der Waals surface area (Å²) in [7, 11) is -3.66. The highest BCUT2D eigenvalue weighted by Gasteiger charge is 2.25. The van der Waals surface area contributed by atoms with Gasteiger partial charge in [0, 0.05) is 37.9 Å². The highest BCUT2D eigenvalue weighted by molar-refractivity contribution is 7.90. The first kappa shape index (κ1) is 17.6. The van der Waals surface area contributed by atoms with Gasteiger partial charge in [0.15, 0.2) is 11.6 Å². The lowest BCUT2D eigenvalue weighted by atomic mass is 10.1. The van der Waals surface area contributed by atoms with Crippen LogP contribution in [0.25, 0.3) is 0 Å². The third-order valence-corrected chi connectivity index (χ3v) is 4.89. The van der Waals surface area contributed by atoms with Crippen LogP contribution >= 0.6 is 0 Å². The lowest BCUT2D eigenvalue weighted by Crippen LogP contribution is -2.36. The second-order valence-corrected chi connectivity index (χ2v) is 7.78. The number of nitrogens with one attached hydrogen (secondary N) is 1. The van der Waals surface area contributed by atoms with Crippen LogP contribution in [-0.2, 0) is 29.3 Å². The summed E-state index contributed by atoms with van der Waals surface area (Å²) < 4.78 is 63.9. The molecule has 0 bridgehead atoms. The number of benzene rings is 1. The predicted octanol–water partition coefficient (Wildman–Crippen LogP) is 1.15. The topological polar surface area (TPSA) is 83.1 Å². The number of sulfone groups is 1. The molecule has 2 heterocycles. The Balaban J connectivity index is 1.90. The summed E-state index contributed by atoms with van der Waals surface area (Å²) in [6.07, 6.45) is 1.17. The largest absolute Gasteiger partial charge is 0.297 e. The van der Waals surface area contributed by atoms with Crippen molar-refractivity contribution in [3.63, 3.8) is 0 Å². The van der Waals surface area contributed by atoms with Crippen molar-refractivity contribution < 1.29 is 21.6 Å². The highest BCUT2D eigenvalue weighted by atomic mass is 32.2. The number of aromatic amines is 1. The van der Waals surface area contributed by atoms with E-state index in [1.54, 1.807) is 4.90 Å². The van der Waals surface area contributed by atoms with Crippen molar-refractivity contribution in [1.29, 1.82) is 0 Å². The number of H-pyrrole nitrogens is 1. The van der Waals surface area contributed by atoms with Crippen LogP contribution in [0.2, 0.25) is 0 Å². The Morgan fingerprint density at radius 1 is 1.24 bits per heavy atom. The normalized spacial score (nSPS) is 15.2. The zero-order valence-corrected chi connectivity index (χ0v) is 14.0. The fourth-order valence-corrected chi connectivity index (χ4v) is 3.26. The molecule has 0 spiro atoms. The summed E-state index contributed by atoms with van der Waals surface area (Å²) in [6, 6.07) is 1.55. The molecule has 0 aliphatic carbocycles. The zero-order chi connectivity index (χ0) is 18.4. The molecule has 6 nitrogen and oxygen atoms in total. The second kappa shape index (κ2) is 6.26. The molecule has 134 valence electrons. The maximum atomic E-state index is 13.8. The molecule has 0 unspecified atom stereocenters. The summed E-state index contributed by atoms with van der Waals surface area (Å²) in [5, 5.41) is -0.410. The molecule has 25 heavy (non-hydrogen) atoms. The molecule has 0 saturated carbocycles. The first-order valence-corrected chi connectivity index (χ1v) is 9.23. The van der Waals surface area contributed by atoms with Crippen LogP contribution in [-0.4, -0.2) is 36.1 Å². The van der Waals surface area contributed by atoms with E-state index in [9.17, 15) is 26.4 Å². The Hall–Kier alpha value is -2.20. The smallest absolute Gasteiger partial charge is 0.256 e. The third kappa shape index (κ3) is 3.45. The molecule has 0 atom stereocenters. The maximum absolute atomic E-state index is 13.8. The molecule has 1 aromatic heterocycles. The monoisotopic (exact) mass is 373 g/mol. The van der Waals surface area contributed by atoms with Crippen LogP contribution in [0.1, 0.15) is 16.8 Å². The molecule has 10 heteroatoms. The summed E-state index contributed by atoms with van der Waals surface area (Å²) in [6.45, 7) is 0.0985. The average Bonchev–Trinajstić information content (AvgIpc) is 2.54. The van der Waals surface area contributed by atoms with E-state index < -0.39 is 43.6 Å². The minimum Gasteiger partial charge on any atom is -0.297 e. The molecule has 1 N–H and O–H groups in total. The molecule has 0 fully saturated rings. The summed E-state index contributed by atoms with van der Waals surface area (Å²) in [5.74, 6) is -3.28. The van der Waals surface area contributed by atoms with Crippen LogP contribution in [0.4, 0.5) is 13.2 Å². The van der Waals surface area contributed by atoms with Crippen molar-refractivity contribution in [1.82, 2.24) is 14.9 Å². The number of hydrogen-bond acceptors (Lipinski definition) is 5. The van der Waals surface area contributed by atoms with Gasteiger partial charge < -0.3 is 0 Å². The van der Waals surface area contributed by atoms with Gasteiger partial charge >= 0.3 is 0 Å². The fourth-order valence-electron chi connectivity index (χ4n) is 2.71. The zero-order valence-electron chi connectivity index (χ0n) is 13.1. The Kier molecular flexibility index (Phi) is 4.41. The number of halogens is 3. The first-order chi connectivity index (χ1) is 11.7. The van der Waals surface area contributed by atoms with Crippen molar-refractivity contribution >= 4 is 9.84 Å². The van der Waals surface area contributed by atoms with Gasteiger partial charge in [0.2, 0.25) is 15.0 Å². The van der Waals surface area contributed by atoms with Crippen LogP contribution in [0.15, 0.2) is 22.1 Å². The Morgan fingerprint density at radius 3 is 2.60 bits per heavy atom. The maximum Gasteiger partial charge on any atom is 0.256 e. The number of nitrogens with zero attached hydrogens (tertiary/aromatic N) is 2. The van der Waals surface area contributed by atoms with Gasteiger partial charge in [-0.15, -0.1) is 0 Å². The van der Waals surface area contributed by atoms with Crippen LogP contribution in [0.5, 0.6) is 0 Å².